The third-order valence-corrected chi connectivity index (χ3v) is 5.63. The van der Waals surface area contributed by atoms with Crippen LogP contribution in [0, 0.1) is 6.92 Å². The Morgan fingerprint density at radius 1 is 0.789 bits per heavy atom. The number of carbonyl (C=O) groups excluding carboxylic acids is 3. The smallest absolute Gasteiger partial charge is 0.343 e. The molecule has 0 saturated carbocycles. The second-order valence-electron chi connectivity index (χ2n) is 8.18. The number of rotatable bonds is 7. The van der Waals surface area contributed by atoms with Crippen molar-refractivity contribution in [1.82, 2.24) is 5.43 Å². The van der Waals surface area contributed by atoms with Crippen LogP contribution in [-0.2, 0) is 9.59 Å². The number of methoxy groups -OCH3 is 2. The average Bonchev–Trinajstić information content (AvgIpc) is 2.94. The summed E-state index contributed by atoms with van der Waals surface area (Å²) in [6.07, 6.45) is 1.33. The van der Waals surface area contributed by atoms with Gasteiger partial charge in [0.2, 0.25) is 0 Å². The van der Waals surface area contributed by atoms with Gasteiger partial charge in [-0.2, -0.15) is 5.10 Å². The van der Waals surface area contributed by atoms with Gasteiger partial charge in [-0.3, -0.25) is 9.59 Å². The zero-order chi connectivity index (χ0) is 27.1. The largest absolute Gasteiger partial charge is 0.493 e. The van der Waals surface area contributed by atoms with Crippen LogP contribution in [0.3, 0.4) is 0 Å². The summed E-state index contributed by atoms with van der Waals surface area (Å²) in [5.74, 6) is -1.38. The van der Waals surface area contributed by atoms with Crippen molar-refractivity contribution in [3.63, 3.8) is 0 Å². The molecule has 9 nitrogen and oxygen atoms in total. The van der Waals surface area contributed by atoms with Crippen molar-refractivity contribution in [2.24, 2.45) is 5.10 Å². The maximum atomic E-state index is 13.0. The number of aryl methyl sites for hydroxylation is 1. The number of nitrogens with one attached hydrogen (secondary N) is 2. The van der Waals surface area contributed by atoms with Gasteiger partial charge >= 0.3 is 17.8 Å². The quantitative estimate of drug-likeness (QED) is 0.124. The number of anilines is 1. The highest BCUT2D eigenvalue weighted by molar-refractivity contribution is 6.39. The lowest BCUT2D eigenvalue weighted by molar-refractivity contribution is -0.136. The molecule has 4 aromatic carbocycles. The molecule has 9 heteroatoms. The Bertz CT molecular complexity index is 1530. The van der Waals surface area contributed by atoms with E-state index in [2.05, 4.69) is 15.8 Å². The fourth-order valence-corrected chi connectivity index (χ4v) is 3.65. The third-order valence-electron chi connectivity index (χ3n) is 5.63. The molecule has 0 aliphatic heterocycles. The topological polar surface area (TPSA) is 115 Å². The molecule has 0 atom stereocenters. The fraction of sp³-hybridized carbons (Fsp3) is 0.103. The summed E-state index contributed by atoms with van der Waals surface area (Å²) >= 11 is 0. The molecule has 0 unspecified atom stereocenters. The summed E-state index contributed by atoms with van der Waals surface area (Å²) in [7, 11) is 2.97. The van der Waals surface area contributed by atoms with Crippen molar-refractivity contribution >= 4 is 40.5 Å². The predicted octanol–water partition coefficient (Wildman–Crippen LogP) is 4.47. The van der Waals surface area contributed by atoms with E-state index < -0.39 is 17.8 Å². The van der Waals surface area contributed by atoms with E-state index in [1.54, 1.807) is 36.4 Å². The molecule has 0 aromatic heterocycles. The van der Waals surface area contributed by atoms with Crippen LogP contribution in [0.4, 0.5) is 5.69 Å². The van der Waals surface area contributed by atoms with Gasteiger partial charge in [0.05, 0.1) is 26.0 Å². The molecule has 38 heavy (non-hydrogen) atoms. The van der Waals surface area contributed by atoms with Gasteiger partial charge in [-0.1, -0.05) is 48.0 Å². The Labute approximate surface area is 219 Å². The van der Waals surface area contributed by atoms with E-state index in [0.29, 0.717) is 22.7 Å². The van der Waals surface area contributed by atoms with Crippen LogP contribution in [0.5, 0.6) is 17.2 Å². The van der Waals surface area contributed by atoms with Crippen LogP contribution in [0.2, 0.25) is 0 Å². The number of hydrogen-bond donors (Lipinski definition) is 2. The molecular weight excluding hydrogens is 486 g/mol. The number of ether oxygens (including phenoxy) is 3. The monoisotopic (exact) mass is 511 g/mol. The molecule has 0 saturated heterocycles. The lowest BCUT2D eigenvalue weighted by atomic mass is 10.0. The Hall–Kier alpha value is -5.18. The van der Waals surface area contributed by atoms with E-state index in [1.807, 2.05) is 43.3 Å². The molecule has 0 fully saturated rings. The summed E-state index contributed by atoms with van der Waals surface area (Å²) < 4.78 is 16.2. The number of amides is 2. The van der Waals surface area contributed by atoms with Crippen molar-refractivity contribution in [1.29, 1.82) is 0 Å². The van der Waals surface area contributed by atoms with Crippen LogP contribution in [0.25, 0.3) is 10.8 Å². The molecule has 192 valence electrons. The van der Waals surface area contributed by atoms with Gasteiger partial charge in [-0.25, -0.2) is 10.2 Å². The number of esters is 1. The molecule has 0 aliphatic carbocycles. The number of benzene rings is 4. The van der Waals surface area contributed by atoms with E-state index in [4.69, 9.17) is 14.2 Å². The second-order valence-corrected chi connectivity index (χ2v) is 8.18. The molecule has 2 N–H and O–H groups in total. The third kappa shape index (κ3) is 5.96. The maximum absolute atomic E-state index is 13.0. The lowest BCUT2D eigenvalue weighted by Gasteiger charge is -2.12. The molecule has 4 aromatic rings. The number of carbonyl (C=O) groups is 3. The minimum Gasteiger partial charge on any atom is -0.493 e. The van der Waals surface area contributed by atoms with E-state index in [9.17, 15) is 14.4 Å². The molecular formula is C29H25N3O6. The number of fused-ring (bicyclic) bond motifs is 1. The van der Waals surface area contributed by atoms with Crippen molar-refractivity contribution in [2.75, 3.05) is 19.5 Å². The Morgan fingerprint density at radius 3 is 2.24 bits per heavy atom. The summed E-state index contributed by atoms with van der Waals surface area (Å²) in [5.41, 5.74) is 4.41. The van der Waals surface area contributed by atoms with Crippen LogP contribution < -0.4 is 25.0 Å². The first-order valence-corrected chi connectivity index (χ1v) is 11.6. The standard InChI is InChI=1S/C29H25N3O6/c1-18-8-12-21(13-9-18)31-27(33)28(34)32-30-17-23-22-7-5-4-6-19(22)10-14-24(23)38-29(35)20-11-15-25(36-2)26(16-20)37-3/h4-17H,1-3H3,(H,31,33)(H,32,34)/b30-17-. The maximum Gasteiger partial charge on any atom is 0.343 e. The van der Waals surface area contributed by atoms with Crippen molar-refractivity contribution < 1.29 is 28.6 Å². The van der Waals surface area contributed by atoms with E-state index >= 15 is 0 Å². The molecule has 2 amide bonds. The number of hydrogen-bond acceptors (Lipinski definition) is 7. The predicted molar refractivity (Wildman–Crippen MR) is 144 cm³/mol. The van der Waals surface area contributed by atoms with Gasteiger partial charge in [0.15, 0.2) is 11.5 Å². The van der Waals surface area contributed by atoms with Crippen molar-refractivity contribution in [2.45, 2.75) is 6.92 Å². The normalized spacial score (nSPS) is 10.7. The zero-order valence-electron chi connectivity index (χ0n) is 21.0. The summed E-state index contributed by atoms with van der Waals surface area (Å²) in [5, 5.41) is 8.05. The van der Waals surface area contributed by atoms with Crippen LogP contribution >= 0.6 is 0 Å². The summed E-state index contributed by atoms with van der Waals surface area (Å²) in [4.78, 5) is 37.5. The summed E-state index contributed by atoms with van der Waals surface area (Å²) in [6, 6.07) is 22.6. The number of nitrogens with zero attached hydrogens (tertiary/aromatic N) is 1. The highest BCUT2D eigenvalue weighted by atomic mass is 16.5. The Balaban J connectivity index is 1.55. The van der Waals surface area contributed by atoms with Crippen LogP contribution in [-0.4, -0.2) is 38.2 Å². The molecule has 4 rings (SSSR count). The minimum absolute atomic E-state index is 0.214. The zero-order valence-corrected chi connectivity index (χ0v) is 21.0. The lowest BCUT2D eigenvalue weighted by Crippen LogP contribution is -2.32. The molecule has 0 radical (unpaired) electrons. The fourth-order valence-electron chi connectivity index (χ4n) is 3.65. The molecule has 0 heterocycles. The van der Waals surface area contributed by atoms with Crippen LogP contribution in [0.1, 0.15) is 21.5 Å². The molecule has 0 spiro atoms. The summed E-state index contributed by atoms with van der Waals surface area (Å²) in [6.45, 7) is 1.92. The molecule has 0 bridgehead atoms. The van der Waals surface area contributed by atoms with Gasteiger partial charge in [-0.15, -0.1) is 0 Å². The van der Waals surface area contributed by atoms with Gasteiger partial charge in [-0.05, 0) is 54.1 Å². The van der Waals surface area contributed by atoms with E-state index in [1.165, 1.54) is 26.5 Å². The first-order valence-electron chi connectivity index (χ1n) is 11.6. The highest BCUT2D eigenvalue weighted by Crippen LogP contribution is 2.30. The minimum atomic E-state index is -0.953. The Kier molecular flexibility index (Phi) is 7.98. The number of hydrazone groups is 1. The highest BCUT2D eigenvalue weighted by Gasteiger charge is 2.17. The van der Waals surface area contributed by atoms with Gasteiger partial charge < -0.3 is 19.5 Å². The van der Waals surface area contributed by atoms with Crippen molar-refractivity contribution in [3.05, 3.63) is 95.6 Å². The average molecular weight is 512 g/mol. The SMILES string of the molecule is COc1ccc(C(=O)Oc2ccc3ccccc3c2/C=N\NC(=O)C(=O)Nc2ccc(C)cc2)cc1OC. The van der Waals surface area contributed by atoms with E-state index in [0.717, 1.165) is 16.3 Å². The molecule has 0 aliphatic rings. The Morgan fingerprint density at radius 2 is 1.50 bits per heavy atom. The second kappa shape index (κ2) is 11.7. The first-order chi connectivity index (χ1) is 18.4. The first kappa shape index (κ1) is 25.9. The van der Waals surface area contributed by atoms with Gasteiger partial charge in [0.25, 0.3) is 0 Å². The van der Waals surface area contributed by atoms with Crippen LogP contribution in [0.15, 0.2) is 84.0 Å². The van der Waals surface area contributed by atoms with Gasteiger partial charge in [0.1, 0.15) is 5.75 Å². The van der Waals surface area contributed by atoms with E-state index in [-0.39, 0.29) is 11.3 Å². The van der Waals surface area contributed by atoms with Crippen molar-refractivity contribution in [3.8, 4) is 17.2 Å². The van der Waals surface area contributed by atoms with Gasteiger partial charge in [0, 0.05) is 11.3 Å².